The molecule has 0 spiro atoms. The van der Waals surface area contributed by atoms with Gasteiger partial charge in [0.1, 0.15) is 23.3 Å². The topological polar surface area (TPSA) is 90.4 Å². The standard InChI is InChI=1S/C18H15N3O4/c1-22-13-7-8-14(16(9-13)23-2)18-20-17(25-21-18)11-24-15-6-4-3-5-12(15)10-19/h3-9H,11H2,1-2H3. The van der Waals surface area contributed by atoms with Crippen LogP contribution < -0.4 is 14.2 Å². The molecule has 1 aromatic heterocycles. The highest BCUT2D eigenvalue weighted by molar-refractivity contribution is 5.65. The second-order valence-corrected chi connectivity index (χ2v) is 4.97. The molecule has 126 valence electrons. The molecule has 0 aliphatic rings. The lowest BCUT2D eigenvalue weighted by Gasteiger charge is -2.07. The number of nitrogens with zero attached hydrogens (tertiary/aromatic N) is 3. The van der Waals surface area contributed by atoms with Gasteiger partial charge in [-0.15, -0.1) is 0 Å². The van der Waals surface area contributed by atoms with E-state index in [4.69, 9.17) is 24.0 Å². The van der Waals surface area contributed by atoms with Gasteiger partial charge in [0.05, 0.1) is 25.3 Å². The third-order valence-corrected chi connectivity index (χ3v) is 3.48. The largest absolute Gasteiger partial charge is 0.497 e. The Morgan fingerprint density at radius 1 is 1.08 bits per heavy atom. The first-order chi connectivity index (χ1) is 12.2. The van der Waals surface area contributed by atoms with Crippen LogP contribution in [0.15, 0.2) is 47.0 Å². The van der Waals surface area contributed by atoms with Crippen molar-refractivity contribution in [3.05, 3.63) is 53.9 Å². The number of nitriles is 1. The van der Waals surface area contributed by atoms with Crippen LogP contribution in [-0.2, 0) is 6.61 Å². The fraction of sp³-hybridized carbons (Fsp3) is 0.167. The maximum atomic E-state index is 9.06. The summed E-state index contributed by atoms with van der Waals surface area (Å²) < 4.78 is 21.3. The minimum absolute atomic E-state index is 0.0597. The van der Waals surface area contributed by atoms with Crippen molar-refractivity contribution in [2.24, 2.45) is 0 Å². The van der Waals surface area contributed by atoms with Gasteiger partial charge in [-0.3, -0.25) is 0 Å². The van der Waals surface area contributed by atoms with E-state index in [0.717, 1.165) is 0 Å². The van der Waals surface area contributed by atoms with Crippen molar-refractivity contribution in [2.45, 2.75) is 6.61 Å². The van der Waals surface area contributed by atoms with Crippen LogP contribution >= 0.6 is 0 Å². The molecule has 0 fully saturated rings. The number of aromatic nitrogens is 2. The molecule has 0 atom stereocenters. The first kappa shape index (κ1) is 16.3. The number of ether oxygens (including phenoxy) is 3. The van der Waals surface area contributed by atoms with E-state index in [2.05, 4.69) is 16.2 Å². The number of benzene rings is 2. The van der Waals surface area contributed by atoms with Crippen LogP contribution in [0, 0.1) is 11.3 Å². The molecule has 7 heteroatoms. The summed E-state index contributed by atoms with van der Waals surface area (Å²) in [5.74, 6) is 2.38. The fourth-order valence-electron chi connectivity index (χ4n) is 2.23. The van der Waals surface area contributed by atoms with Gasteiger partial charge in [-0.25, -0.2) is 0 Å². The van der Waals surface area contributed by atoms with Crippen molar-refractivity contribution in [1.82, 2.24) is 10.1 Å². The van der Waals surface area contributed by atoms with Crippen LogP contribution in [0.2, 0.25) is 0 Å². The summed E-state index contributed by atoms with van der Waals surface area (Å²) in [6, 6.07) is 14.3. The SMILES string of the molecule is COc1ccc(-c2noc(COc3ccccc3C#N)n2)c(OC)c1. The molecule has 0 saturated heterocycles. The van der Waals surface area contributed by atoms with E-state index >= 15 is 0 Å². The normalized spacial score (nSPS) is 10.1. The van der Waals surface area contributed by atoms with E-state index in [1.165, 1.54) is 0 Å². The summed E-state index contributed by atoms with van der Waals surface area (Å²) in [7, 11) is 3.14. The van der Waals surface area contributed by atoms with Gasteiger partial charge in [0.2, 0.25) is 5.82 Å². The van der Waals surface area contributed by atoms with Crippen LogP contribution in [-0.4, -0.2) is 24.4 Å². The average molecular weight is 337 g/mol. The average Bonchev–Trinajstić information content (AvgIpc) is 3.14. The third kappa shape index (κ3) is 3.53. The molecule has 7 nitrogen and oxygen atoms in total. The highest BCUT2D eigenvalue weighted by Gasteiger charge is 2.15. The zero-order chi connectivity index (χ0) is 17.6. The zero-order valence-electron chi connectivity index (χ0n) is 13.7. The number of methoxy groups -OCH3 is 2. The molecule has 0 aliphatic heterocycles. The highest BCUT2D eigenvalue weighted by atomic mass is 16.5. The van der Waals surface area contributed by atoms with Crippen molar-refractivity contribution < 1.29 is 18.7 Å². The second kappa shape index (κ2) is 7.36. The predicted octanol–water partition coefficient (Wildman–Crippen LogP) is 3.20. The van der Waals surface area contributed by atoms with Gasteiger partial charge in [0.15, 0.2) is 6.61 Å². The molecule has 0 N–H and O–H groups in total. The van der Waals surface area contributed by atoms with E-state index in [1.807, 2.05) is 0 Å². The molecule has 0 bridgehead atoms. The molecule has 0 radical (unpaired) electrons. The summed E-state index contributed by atoms with van der Waals surface area (Å²) in [4.78, 5) is 4.31. The number of hydrogen-bond acceptors (Lipinski definition) is 7. The molecule has 3 rings (SSSR count). The third-order valence-electron chi connectivity index (χ3n) is 3.48. The summed E-state index contributed by atoms with van der Waals surface area (Å²) >= 11 is 0. The van der Waals surface area contributed by atoms with Gasteiger partial charge in [-0.05, 0) is 24.3 Å². The Bertz CT molecular complexity index is 915. The van der Waals surface area contributed by atoms with Gasteiger partial charge in [-0.1, -0.05) is 17.3 Å². The number of hydrogen-bond donors (Lipinski definition) is 0. The van der Waals surface area contributed by atoms with E-state index < -0.39 is 0 Å². The molecule has 2 aromatic carbocycles. The molecular weight excluding hydrogens is 322 g/mol. The Balaban J connectivity index is 1.78. The Morgan fingerprint density at radius 2 is 1.92 bits per heavy atom. The Kier molecular flexibility index (Phi) is 4.81. The molecule has 3 aromatic rings. The lowest BCUT2D eigenvalue weighted by Crippen LogP contribution is -1.97. The highest BCUT2D eigenvalue weighted by Crippen LogP contribution is 2.31. The van der Waals surface area contributed by atoms with Crippen LogP contribution in [0.4, 0.5) is 0 Å². The van der Waals surface area contributed by atoms with Crippen molar-refractivity contribution in [3.63, 3.8) is 0 Å². The first-order valence-corrected chi connectivity index (χ1v) is 7.42. The van der Waals surface area contributed by atoms with Crippen molar-refractivity contribution >= 4 is 0 Å². The minimum atomic E-state index is 0.0597. The Labute approximate surface area is 144 Å². The van der Waals surface area contributed by atoms with Crippen LogP contribution in [0.1, 0.15) is 11.5 Å². The number of rotatable bonds is 6. The molecule has 0 amide bonds. The summed E-state index contributed by atoms with van der Waals surface area (Å²) in [5, 5.41) is 13.0. The van der Waals surface area contributed by atoms with Crippen molar-refractivity contribution in [1.29, 1.82) is 5.26 Å². The van der Waals surface area contributed by atoms with E-state index in [-0.39, 0.29) is 6.61 Å². The zero-order valence-corrected chi connectivity index (χ0v) is 13.7. The Morgan fingerprint density at radius 3 is 2.68 bits per heavy atom. The maximum Gasteiger partial charge on any atom is 0.264 e. The van der Waals surface area contributed by atoms with Crippen LogP contribution in [0.3, 0.4) is 0 Å². The smallest absolute Gasteiger partial charge is 0.264 e. The summed E-state index contributed by atoms with van der Waals surface area (Å²) in [5.41, 5.74) is 1.12. The van der Waals surface area contributed by atoms with E-state index in [0.29, 0.717) is 40.1 Å². The second-order valence-electron chi connectivity index (χ2n) is 4.97. The summed E-state index contributed by atoms with van der Waals surface area (Å²) in [6.07, 6.45) is 0. The molecule has 0 saturated carbocycles. The molecule has 0 unspecified atom stereocenters. The van der Waals surface area contributed by atoms with Gasteiger partial charge >= 0.3 is 0 Å². The molecule has 1 heterocycles. The van der Waals surface area contributed by atoms with Crippen LogP contribution in [0.5, 0.6) is 17.2 Å². The lowest BCUT2D eigenvalue weighted by molar-refractivity contribution is 0.242. The van der Waals surface area contributed by atoms with Gasteiger partial charge in [0.25, 0.3) is 5.89 Å². The van der Waals surface area contributed by atoms with Gasteiger partial charge < -0.3 is 18.7 Å². The van der Waals surface area contributed by atoms with E-state index in [1.54, 1.807) is 56.7 Å². The monoisotopic (exact) mass is 337 g/mol. The van der Waals surface area contributed by atoms with Gasteiger partial charge in [-0.2, -0.15) is 10.2 Å². The summed E-state index contributed by atoms with van der Waals surface area (Å²) in [6.45, 7) is 0.0597. The molecule has 0 aliphatic carbocycles. The fourth-order valence-corrected chi connectivity index (χ4v) is 2.23. The predicted molar refractivity (Wildman–Crippen MR) is 88.3 cm³/mol. The van der Waals surface area contributed by atoms with Gasteiger partial charge in [0, 0.05) is 6.07 Å². The number of para-hydroxylation sites is 1. The quantitative estimate of drug-likeness (QED) is 0.682. The maximum absolute atomic E-state index is 9.06. The van der Waals surface area contributed by atoms with Crippen molar-refractivity contribution in [3.8, 4) is 34.7 Å². The van der Waals surface area contributed by atoms with Crippen molar-refractivity contribution in [2.75, 3.05) is 14.2 Å². The molecular formula is C18H15N3O4. The minimum Gasteiger partial charge on any atom is -0.497 e. The van der Waals surface area contributed by atoms with Crippen LogP contribution in [0.25, 0.3) is 11.4 Å². The van der Waals surface area contributed by atoms with E-state index in [9.17, 15) is 0 Å². The molecule has 25 heavy (non-hydrogen) atoms. The Hall–Kier alpha value is -3.53. The lowest BCUT2D eigenvalue weighted by atomic mass is 10.2. The first-order valence-electron chi connectivity index (χ1n) is 7.42.